The average molecular weight is 314 g/mol. The van der Waals surface area contributed by atoms with Crippen LogP contribution < -0.4 is 5.32 Å². The summed E-state index contributed by atoms with van der Waals surface area (Å²) in [5, 5.41) is 8.49. The summed E-state index contributed by atoms with van der Waals surface area (Å²) in [5.41, 5.74) is 0.929. The lowest BCUT2D eigenvalue weighted by Gasteiger charge is -2.07. The monoisotopic (exact) mass is 313 g/mol. The van der Waals surface area contributed by atoms with Crippen LogP contribution in [0.25, 0.3) is 0 Å². The van der Waals surface area contributed by atoms with Crippen LogP contribution >= 0.6 is 23.2 Å². The number of benzene rings is 1. The summed E-state index contributed by atoms with van der Waals surface area (Å²) in [7, 11) is 0. The normalized spacial score (nSPS) is 12.6. The van der Waals surface area contributed by atoms with Gasteiger partial charge in [-0.15, -0.1) is 0 Å². The Balaban J connectivity index is 1.98. The number of halogens is 2. The molecule has 0 spiro atoms. The van der Waals surface area contributed by atoms with Crippen molar-refractivity contribution in [3.8, 4) is 0 Å². The van der Waals surface area contributed by atoms with Crippen LogP contribution in [-0.2, 0) is 13.0 Å². The molecule has 20 heavy (non-hydrogen) atoms. The SMILES string of the molecule is CCC(C)NCc1nc(Cc2ccc(Cl)cc2Cl)no1. The van der Waals surface area contributed by atoms with Crippen molar-refractivity contribution in [3.63, 3.8) is 0 Å². The molecule has 2 aromatic rings. The third-order valence-corrected chi connectivity index (χ3v) is 3.67. The zero-order chi connectivity index (χ0) is 14.5. The first-order valence-corrected chi connectivity index (χ1v) is 7.33. The number of rotatable bonds is 6. The highest BCUT2D eigenvalue weighted by Crippen LogP contribution is 2.22. The maximum Gasteiger partial charge on any atom is 0.240 e. The van der Waals surface area contributed by atoms with Crippen LogP contribution in [0.15, 0.2) is 22.7 Å². The summed E-state index contributed by atoms with van der Waals surface area (Å²) < 4.78 is 5.20. The lowest BCUT2D eigenvalue weighted by molar-refractivity contribution is 0.354. The average Bonchev–Trinajstić information content (AvgIpc) is 2.87. The van der Waals surface area contributed by atoms with E-state index in [9.17, 15) is 0 Å². The highest BCUT2D eigenvalue weighted by molar-refractivity contribution is 6.35. The Morgan fingerprint density at radius 1 is 1.35 bits per heavy atom. The molecule has 0 saturated carbocycles. The van der Waals surface area contributed by atoms with Gasteiger partial charge < -0.3 is 9.84 Å². The largest absolute Gasteiger partial charge is 0.338 e. The van der Waals surface area contributed by atoms with Crippen LogP contribution in [0.5, 0.6) is 0 Å². The van der Waals surface area contributed by atoms with Crippen LogP contribution in [0, 0.1) is 0 Å². The van der Waals surface area contributed by atoms with E-state index in [0.29, 0.717) is 40.8 Å². The first-order chi connectivity index (χ1) is 9.58. The molecule has 1 unspecified atom stereocenters. The highest BCUT2D eigenvalue weighted by atomic mass is 35.5. The number of aromatic nitrogens is 2. The summed E-state index contributed by atoms with van der Waals surface area (Å²) in [4.78, 5) is 4.34. The maximum absolute atomic E-state index is 6.12. The zero-order valence-electron chi connectivity index (χ0n) is 11.5. The molecule has 1 N–H and O–H groups in total. The lowest BCUT2D eigenvalue weighted by Crippen LogP contribution is -2.24. The van der Waals surface area contributed by atoms with E-state index in [1.54, 1.807) is 12.1 Å². The predicted molar refractivity (Wildman–Crippen MR) is 80.2 cm³/mol. The maximum atomic E-state index is 6.12. The molecule has 0 amide bonds. The van der Waals surface area contributed by atoms with Gasteiger partial charge in [-0.25, -0.2) is 0 Å². The van der Waals surface area contributed by atoms with E-state index in [0.717, 1.165) is 12.0 Å². The van der Waals surface area contributed by atoms with Gasteiger partial charge in [-0.2, -0.15) is 4.98 Å². The first-order valence-electron chi connectivity index (χ1n) is 6.57. The van der Waals surface area contributed by atoms with Crippen molar-refractivity contribution in [1.82, 2.24) is 15.5 Å². The third-order valence-electron chi connectivity index (χ3n) is 3.09. The van der Waals surface area contributed by atoms with Gasteiger partial charge in [0.05, 0.1) is 6.54 Å². The van der Waals surface area contributed by atoms with Crippen LogP contribution in [0.3, 0.4) is 0 Å². The fraction of sp³-hybridized carbons (Fsp3) is 0.429. The van der Waals surface area contributed by atoms with Gasteiger partial charge in [-0.1, -0.05) is 41.3 Å². The summed E-state index contributed by atoms with van der Waals surface area (Å²) in [5.74, 6) is 1.21. The molecule has 0 radical (unpaired) electrons. The minimum atomic E-state index is 0.427. The molecule has 108 valence electrons. The fourth-order valence-electron chi connectivity index (χ4n) is 1.68. The van der Waals surface area contributed by atoms with Crippen molar-refractivity contribution in [2.24, 2.45) is 0 Å². The fourth-order valence-corrected chi connectivity index (χ4v) is 2.15. The van der Waals surface area contributed by atoms with E-state index >= 15 is 0 Å². The van der Waals surface area contributed by atoms with Gasteiger partial charge in [0.1, 0.15) is 0 Å². The molecule has 0 aliphatic rings. The van der Waals surface area contributed by atoms with E-state index in [1.807, 2.05) is 6.07 Å². The molecule has 0 aliphatic heterocycles. The van der Waals surface area contributed by atoms with Gasteiger partial charge in [0.15, 0.2) is 5.82 Å². The molecular weight excluding hydrogens is 297 g/mol. The second kappa shape index (κ2) is 7.07. The second-order valence-electron chi connectivity index (χ2n) is 4.71. The van der Waals surface area contributed by atoms with Crippen LogP contribution in [0.2, 0.25) is 10.0 Å². The molecule has 0 aliphatic carbocycles. The Kier molecular flexibility index (Phi) is 5.40. The smallest absolute Gasteiger partial charge is 0.240 e. The number of hydrogen-bond donors (Lipinski definition) is 1. The Morgan fingerprint density at radius 2 is 2.15 bits per heavy atom. The van der Waals surface area contributed by atoms with Crippen molar-refractivity contribution in [1.29, 1.82) is 0 Å². The molecule has 1 atom stereocenters. The Labute approximate surface area is 128 Å². The minimum absolute atomic E-state index is 0.427. The molecule has 0 bridgehead atoms. The number of nitrogens with zero attached hydrogens (tertiary/aromatic N) is 2. The lowest BCUT2D eigenvalue weighted by atomic mass is 10.1. The molecule has 6 heteroatoms. The molecule has 1 aromatic carbocycles. The molecule has 2 rings (SSSR count). The van der Waals surface area contributed by atoms with E-state index in [2.05, 4.69) is 29.3 Å². The number of hydrogen-bond acceptors (Lipinski definition) is 4. The van der Waals surface area contributed by atoms with Crippen molar-refractivity contribution >= 4 is 23.2 Å². The summed E-state index contributed by atoms with van der Waals surface area (Å²) >= 11 is 12.0. The summed E-state index contributed by atoms with van der Waals surface area (Å²) in [6, 6.07) is 5.81. The minimum Gasteiger partial charge on any atom is -0.338 e. The van der Waals surface area contributed by atoms with Crippen LogP contribution in [0.4, 0.5) is 0 Å². The van der Waals surface area contributed by atoms with Gasteiger partial charge in [0.2, 0.25) is 5.89 Å². The van der Waals surface area contributed by atoms with Crippen LogP contribution in [-0.4, -0.2) is 16.2 Å². The molecule has 0 saturated heterocycles. The number of nitrogens with one attached hydrogen (secondary N) is 1. The van der Waals surface area contributed by atoms with Crippen molar-refractivity contribution in [3.05, 3.63) is 45.5 Å². The Bertz CT molecular complexity index is 571. The topological polar surface area (TPSA) is 51.0 Å². The molecule has 0 fully saturated rings. The van der Waals surface area contributed by atoms with Gasteiger partial charge >= 0.3 is 0 Å². The van der Waals surface area contributed by atoms with Gasteiger partial charge in [0.25, 0.3) is 0 Å². The molecule has 1 heterocycles. The quantitative estimate of drug-likeness (QED) is 0.880. The zero-order valence-corrected chi connectivity index (χ0v) is 13.0. The molecule has 1 aromatic heterocycles. The van der Waals surface area contributed by atoms with Crippen molar-refractivity contribution in [2.45, 2.75) is 39.3 Å². The van der Waals surface area contributed by atoms with E-state index < -0.39 is 0 Å². The van der Waals surface area contributed by atoms with E-state index in [4.69, 9.17) is 27.7 Å². The predicted octanol–water partition coefficient (Wildman–Crippen LogP) is 3.86. The highest BCUT2D eigenvalue weighted by Gasteiger charge is 2.10. The van der Waals surface area contributed by atoms with Gasteiger partial charge in [0, 0.05) is 22.5 Å². The second-order valence-corrected chi connectivity index (χ2v) is 5.55. The standard InChI is InChI=1S/C14H17Cl2N3O/c1-3-9(2)17-8-14-18-13(19-20-14)6-10-4-5-11(15)7-12(10)16/h4-5,7,9,17H,3,6,8H2,1-2H3. The van der Waals surface area contributed by atoms with E-state index in [-0.39, 0.29) is 0 Å². The summed E-state index contributed by atoms with van der Waals surface area (Å²) in [6.07, 6.45) is 1.59. The molecular formula is C14H17Cl2N3O. The summed E-state index contributed by atoms with van der Waals surface area (Å²) in [6.45, 7) is 4.82. The Morgan fingerprint density at radius 3 is 2.85 bits per heavy atom. The first kappa shape index (κ1) is 15.3. The molecule has 4 nitrogen and oxygen atoms in total. The van der Waals surface area contributed by atoms with Crippen molar-refractivity contribution < 1.29 is 4.52 Å². The van der Waals surface area contributed by atoms with Gasteiger partial charge in [-0.3, -0.25) is 0 Å². The van der Waals surface area contributed by atoms with Crippen LogP contribution in [0.1, 0.15) is 37.5 Å². The van der Waals surface area contributed by atoms with Crippen molar-refractivity contribution in [2.75, 3.05) is 0 Å². The van der Waals surface area contributed by atoms with Gasteiger partial charge in [-0.05, 0) is 31.0 Å². The Hall–Kier alpha value is -1.10. The van der Waals surface area contributed by atoms with E-state index in [1.165, 1.54) is 0 Å². The third kappa shape index (κ3) is 4.20.